The van der Waals surface area contributed by atoms with E-state index in [9.17, 15) is 19.0 Å². The number of carboxylic acids is 1. The Bertz CT molecular complexity index is 1140. The van der Waals surface area contributed by atoms with Gasteiger partial charge in [-0.3, -0.25) is 9.69 Å². The zero-order valence-electron chi connectivity index (χ0n) is 16.1. The van der Waals surface area contributed by atoms with Gasteiger partial charge in [0, 0.05) is 17.0 Å². The zero-order valence-corrected chi connectivity index (χ0v) is 17.8. The Labute approximate surface area is 183 Å². The number of aryl methyl sites for hydroxylation is 1. The van der Waals surface area contributed by atoms with Gasteiger partial charge in [-0.25, -0.2) is 9.36 Å². The van der Waals surface area contributed by atoms with Gasteiger partial charge in [-0.1, -0.05) is 41.9 Å². The Balaban J connectivity index is 1.62. The van der Waals surface area contributed by atoms with Crippen LogP contribution in [0.2, 0.25) is 5.02 Å². The number of aromatic carboxylic acids is 1. The van der Waals surface area contributed by atoms with Gasteiger partial charge in [-0.15, -0.1) is 0 Å². The molecule has 0 aromatic heterocycles. The monoisotopic (exact) mass is 460 g/mol. The summed E-state index contributed by atoms with van der Waals surface area (Å²) in [6, 6.07) is 18.2. The van der Waals surface area contributed by atoms with Crippen molar-refractivity contribution in [3.05, 3.63) is 94.5 Å². The number of benzene rings is 3. The number of hydrogen-bond donors (Lipinski definition) is 2. The molecule has 3 rings (SSSR count). The lowest BCUT2D eigenvalue weighted by molar-refractivity contribution is 0.0696. The van der Waals surface area contributed by atoms with E-state index in [0.717, 1.165) is 5.56 Å². The molecule has 0 aliphatic rings. The average Bonchev–Trinajstić information content (AvgIpc) is 2.71. The van der Waals surface area contributed by atoms with Crippen molar-refractivity contribution in [2.45, 2.75) is 12.8 Å². The summed E-state index contributed by atoms with van der Waals surface area (Å²) in [6.07, 6.45) is 0.589. The van der Waals surface area contributed by atoms with Crippen LogP contribution >= 0.6 is 19.4 Å². The first-order valence-electron chi connectivity index (χ1n) is 9.15. The Kier molecular flexibility index (Phi) is 7.13. The van der Waals surface area contributed by atoms with Crippen molar-refractivity contribution in [3.8, 4) is 11.5 Å². The van der Waals surface area contributed by atoms with Crippen LogP contribution in [0.15, 0.2) is 72.8 Å². The standard InChI is InChI=1S/C22H18ClO7P/c23-18-4-2-6-20(14-18)30-31(27,28)29-19-5-1-3-17(13-19)21(24)12-9-15-7-10-16(11-8-15)22(25)26/h1-8,10-11,13-14H,9,12H2,(H,25,26)(H,27,28). The maximum atomic E-state index is 12.5. The maximum absolute atomic E-state index is 12.5. The summed E-state index contributed by atoms with van der Waals surface area (Å²) in [5.41, 5.74) is 1.30. The molecule has 0 spiro atoms. The number of phosphoric acid groups is 1. The van der Waals surface area contributed by atoms with Gasteiger partial charge in [-0.2, -0.15) is 0 Å². The van der Waals surface area contributed by atoms with Crippen LogP contribution in [0.4, 0.5) is 0 Å². The van der Waals surface area contributed by atoms with Crippen molar-refractivity contribution in [2.24, 2.45) is 0 Å². The lowest BCUT2D eigenvalue weighted by Crippen LogP contribution is -2.04. The Morgan fingerprint density at radius 2 is 1.48 bits per heavy atom. The number of ketones is 1. The van der Waals surface area contributed by atoms with Crippen molar-refractivity contribution in [3.63, 3.8) is 0 Å². The second-order valence-electron chi connectivity index (χ2n) is 6.56. The number of hydrogen-bond acceptors (Lipinski definition) is 5. The minimum atomic E-state index is -4.50. The molecule has 0 aliphatic heterocycles. The molecule has 0 saturated heterocycles. The van der Waals surface area contributed by atoms with E-state index in [4.69, 9.17) is 25.8 Å². The summed E-state index contributed by atoms with van der Waals surface area (Å²) in [6.45, 7) is 0. The van der Waals surface area contributed by atoms with Gasteiger partial charge in [0.05, 0.1) is 5.56 Å². The molecule has 0 bridgehead atoms. The van der Waals surface area contributed by atoms with E-state index in [-0.39, 0.29) is 29.3 Å². The van der Waals surface area contributed by atoms with Gasteiger partial charge in [0.2, 0.25) is 0 Å². The summed E-state index contributed by atoms with van der Waals surface area (Å²) in [4.78, 5) is 33.4. The molecule has 3 aromatic carbocycles. The highest BCUT2D eigenvalue weighted by Gasteiger charge is 2.25. The highest BCUT2D eigenvalue weighted by molar-refractivity contribution is 7.48. The largest absolute Gasteiger partial charge is 0.584 e. The molecule has 7 nitrogen and oxygen atoms in total. The number of phosphoric ester groups is 1. The number of Topliss-reactive ketones (excluding diaryl/α,β-unsaturated/α-hetero) is 1. The molecule has 0 radical (unpaired) electrons. The Hall–Kier alpha value is -3.12. The summed E-state index contributed by atoms with van der Waals surface area (Å²) < 4.78 is 22.3. The van der Waals surface area contributed by atoms with Gasteiger partial charge >= 0.3 is 13.8 Å². The van der Waals surface area contributed by atoms with Crippen molar-refractivity contribution < 1.29 is 33.2 Å². The predicted molar refractivity (Wildman–Crippen MR) is 115 cm³/mol. The second kappa shape index (κ2) is 9.79. The molecular formula is C22H18ClO7P. The van der Waals surface area contributed by atoms with Crippen molar-refractivity contribution in [1.29, 1.82) is 0 Å². The highest BCUT2D eigenvalue weighted by Crippen LogP contribution is 2.44. The number of halogens is 1. The summed E-state index contributed by atoms with van der Waals surface area (Å²) in [5, 5.41) is 9.26. The minimum absolute atomic E-state index is 0.00419. The molecule has 0 aliphatic carbocycles. The molecule has 9 heteroatoms. The van der Waals surface area contributed by atoms with Crippen LogP contribution in [0.25, 0.3) is 0 Å². The van der Waals surface area contributed by atoms with E-state index in [2.05, 4.69) is 0 Å². The Morgan fingerprint density at radius 3 is 2.10 bits per heavy atom. The molecule has 0 heterocycles. The van der Waals surface area contributed by atoms with E-state index in [1.54, 1.807) is 30.3 Å². The number of carbonyl (C=O) groups excluding carboxylic acids is 1. The van der Waals surface area contributed by atoms with Crippen molar-refractivity contribution >= 4 is 31.2 Å². The van der Waals surface area contributed by atoms with Crippen LogP contribution in [0.5, 0.6) is 11.5 Å². The van der Waals surface area contributed by atoms with Gasteiger partial charge in [0.15, 0.2) is 5.78 Å². The first kappa shape index (κ1) is 22.6. The minimum Gasteiger partial charge on any atom is -0.478 e. The first-order valence-corrected chi connectivity index (χ1v) is 11.0. The average molecular weight is 461 g/mol. The molecule has 0 saturated carbocycles. The molecule has 160 valence electrons. The first-order chi connectivity index (χ1) is 14.7. The lowest BCUT2D eigenvalue weighted by Gasteiger charge is -2.14. The quantitative estimate of drug-likeness (QED) is 0.324. The second-order valence-corrected chi connectivity index (χ2v) is 8.30. The molecule has 1 unspecified atom stereocenters. The molecule has 1 atom stereocenters. The smallest absolute Gasteiger partial charge is 0.478 e. The van der Waals surface area contributed by atoms with Crippen LogP contribution in [0.3, 0.4) is 0 Å². The van der Waals surface area contributed by atoms with E-state index in [0.29, 0.717) is 17.0 Å². The van der Waals surface area contributed by atoms with Gasteiger partial charge in [0.25, 0.3) is 0 Å². The number of carboxylic acid groups (broad SMARTS) is 1. The van der Waals surface area contributed by atoms with Gasteiger partial charge in [0.1, 0.15) is 11.5 Å². The number of rotatable bonds is 9. The summed E-state index contributed by atoms with van der Waals surface area (Å²) in [5.74, 6) is -1.14. The fourth-order valence-corrected chi connectivity index (χ4v) is 3.73. The van der Waals surface area contributed by atoms with Crippen molar-refractivity contribution in [1.82, 2.24) is 0 Å². The third-order valence-electron chi connectivity index (χ3n) is 4.24. The highest BCUT2D eigenvalue weighted by atomic mass is 35.5. The Morgan fingerprint density at radius 1 is 0.871 bits per heavy atom. The topological polar surface area (TPSA) is 110 Å². The van der Waals surface area contributed by atoms with E-state index in [1.807, 2.05) is 0 Å². The van der Waals surface area contributed by atoms with Crippen LogP contribution in [-0.2, 0) is 11.0 Å². The normalized spacial score (nSPS) is 12.6. The fourth-order valence-electron chi connectivity index (χ4n) is 2.75. The summed E-state index contributed by atoms with van der Waals surface area (Å²) in [7, 11) is -4.50. The molecular weight excluding hydrogens is 443 g/mol. The molecule has 2 N–H and O–H groups in total. The zero-order chi connectivity index (χ0) is 22.4. The van der Waals surface area contributed by atoms with Crippen LogP contribution in [0.1, 0.15) is 32.7 Å². The third-order valence-corrected chi connectivity index (χ3v) is 5.35. The molecule has 0 fully saturated rings. The molecule has 31 heavy (non-hydrogen) atoms. The van der Waals surface area contributed by atoms with Gasteiger partial charge < -0.3 is 14.2 Å². The van der Waals surface area contributed by atoms with Crippen LogP contribution < -0.4 is 9.05 Å². The van der Waals surface area contributed by atoms with E-state index < -0.39 is 13.8 Å². The van der Waals surface area contributed by atoms with Crippen LogP contribution in [0, 0.1) is 0 Å². The van der Waals surface area contributed by atoms with Crippen LogP contribution in [-0.4, -0.2) is 21.8 Å². The SMILES string of the molecule is O=C(O)c1ccc(CCC(=O)c2cccc(OP(=O)(O)Oc3cccc(Cl)c3)c2)cc1. The van der Waals surface area contributed by atoms with Crippen molar-refractivity contribution in [2.75, 3.05) is 0 Å². The van der Waals surface area contributed by atoms with E-state index in [1.165, 1.54) is 42.5 Å². The molecule has 3 aromatic rings. The fraction of sp³-hybridized carbons (Fsp3) is 0.0909. The molecule has 0 amide bonds. The third kappa shape index (κ3) is 6.69. The maximum Gasteiger partial charge on any atom is 0.584 e. The summed E-state index contributed by atoms with van der Waals surface area (Å²) >= 11 is 5.83. The number of carbonyl (C=O) groups is 2. The predicted octanol–water partition coefficient (Wildman–Crippen LogP) is 5.41. The lowest BCUT2D eigenvalue weighted by atomic mass is 10.0. The van der Waals surface area contributed by atoms with E-state index >= 15 is 0 Å². The van der Waals surface area contributed by atoms with Gasteiger partial charge in [-0.05, 0) is 54.4 Å².